The average Bonchev–Trinajstić information content (AvgIpc) is 3.00. The van der Waals surface area contributed by atoms with Gasteiger partial charge in [0.2, 0.25) is 0 Å². The van der Waals surface area contributed by atoms with E-state index in [1.165, 1.54) is 0 Å². The maximum Gasteiger partial charge on any atom is 0.341 e. The topological polar surface area (TPSA) is 46.5 Å². The van der Waals surface area contributed by atoms with Crippen molar-refractivity contribution in [2.45, 2.75) is 4.90 Å². The van der Waals surface area contributed by atoms with Crippen molar-refractivity contribution >= 4 is 55.2 Å². The molecule has 0 amide bonds. The van der Waals surface area contributed by atoms with Gasteiger partial charge in [-0.1, -0.05) is 123 Å². The smallest absolute Gasteiger partial charge is 0.341 e. The fourth-order valence-electron chi connectivity index (χ4n) is 4.52. The van der Waals surface area contributed by atoms with Crippen LogP contribution in [0.15, 0.2) is 141 Å². The zero-order chi connectivity index (χ0) is 28.6. The molecule has 0 saturated carbocycles. The number of carboxylic acid groups (broad SMARTS) is 1. The summed E-state index contributed by atoms with van der Waals surface area (Å²) >= 11 is 8.82. The third-order valence-corrected chi connectivity index (χ3v) is 8.38. The lowest BCUT2D eigenvalue weighted by Gasteiger charge is -2.18. The minimum Gasteiger partial charge on any atom is -0.481 e. The minimum atomic E-state index is -1.01. The lowest BCUT2D eigenvalue weighted by molar-refractivity contribution is -0.139. The predicted octanol–water partition coefficient (Wildman–Crippen LogP) is 10.2. The van der Waals surface area contributed by atoms with E-state index >= 15 is 0 Å². The van der Waals surface area contributed by atoms with Gasteiger partial charge in [-0.15, -0.1) is 11.8 Å². The standard InChI is InChI=1S/C35H26Br2O3S/c36-28-15-11-26(12-16-28)31(27-13-17-29(37)18-14-27)19-20-41-30-21-32(24-7-3-1-4-8-24)35(40-23-34(38)39)33(22-30)25-9-5-2-6-10-25/h1-19,21-22H,20,23H2,(H,38,39). The lowest BCUT2D eigenvalue weighted by Crippen LogP contribution is -2.11. The third-order valence-electron chi connectivity index (χ3n) is 6.42. The molecule has 5 aromatic carbocycles. The maximum atomic E-state index is 11.5. The van der Waals surface area contributed by atoms with Gasteiger partial charge < -0.3 is 9.84 Å². The van der Waals surface area contributed by atoms with Crippen molar-refractivity contribution in [3.05, 3.63) is 147 Å². The van der Waals surface area contributed by atoms with Crippen molar-refractivity contribution in [3.63, 3.8) is 0 Å². The van der Waals surface area contributed by atoms with Gasteiger partial charge in [-0.3, -0.25) is 0 Å². The Morgan fingerprint density at radius 2 is 1.17 bits per heavy atom. The second kappa shape index (κ2) is 13.9. The summed E-state index contributed by atoms with van der Waals surface area (Å²) in [7, 11) is 0. The van der Waals surface area contributed by atoms with E-state index in [0.717, 1.165) is 58.5 Å². The van der Waals surface area contributed by atoms with Gasteiger partial charge in [-0.05, 0) is 64.2 Å². The molecular weight excluding hydrogens is 660 g/mol. The van der Waals surface area contributed by atoms with E-state index in [4.69, 9.17) is 4.74 Å². The minimum absolute atomic E-state index is 0.418. The molecule has 1 N–H and O–H groups in total. The van der Waals surface area contributed by atoms with Crippen molar-refractivity contribution in [3.8, 4) is 28.0 Å². The number of halogens is 2. The van der Waals surface area contributed by atoms with E-state index in [0.29, 0.717) is 5.75 Å². The Morgan fingerprint density at radius 3 is 1.61 bits per heavy atom. The molecule has 0 spiro atoms. The summed E-state index contributed by atoms with van der Waals surface area (Å²) in [4.78, 5) is 12.5. The third kappa shape index (κ3) is 7.59. The largest absolute Gasteiger partial charge is 0.481 e. The molecule has 0 aromatic heterocycles. The van der Waals surface area contributed by atoms with E-state index in [2.05, 4.69) is 98.6 Å². The molecule has 3 nitrogen and oxygen atoms in total. The van der Waals surface area contributed by atoms with Crippen LogP contribution in [-0.2, 0) is 4.79 Å². The molecule has 0 fully saturated rings. The quantitative estimate of drug-likeness (QED) is 0.149. The first-order chi connectivity index (χ1) is 20.0. The van der Waals surface area contributed by atoms with Gasteiger partial charge in [-0.25, -0.2) is 4.79 Å². The van der Waals surface area contributed by atoms with Gasteiger partial charge in [0.15, 0.2) is 6.61 Å². The summed E-state index contributed by atoms with van der Waals surface area (Å²) in [5.74, 6) is 0.286. The maximum absolute atomic E-state index is 11.5. The van der Waals surface area contributed by atoms with Gasteiger partial charge in [0.25, 0.3) is 0 Å². The highest BCUT2D eigenvalue weighted by Crippen LogP contribution is 2.43. The van der Waals surface area contributed by atoms with Gasteiger partial charge in [-0.2, -0.15) is 0 Å². The van der Waals surface area contributed by atoms with Crippen molar-refractivity contribution < 1.29 is 14.6 Å². The fourth-order valence-corrected chi connectivity index (χ4v) is 5.90. The van der Waals surface area contributed by atoms with Crippen molar-refractivity contribution in [2.24, 2.45) is 0 Å². The van der Waals surface area contributed by atoms with Crippen LogP contribution in [0.3, 0.4) is 0 Å². The van der Waals surface area contributed by atoms with Crippen LogP contribution < -0.4 is 4.74 Å². The summed E-state index contributed by atoms with van der Waals surface area (Å²) in [5, 5.41) is 9.40. The predicted molar refractivity (Wildman–Crippen MR) is 177 cm³/mol. The molecule has 5 rings (SSSR count). The Kier molecular flexibility index (Phi) is 9.78. The van der Waals surface area contributed by atoms with Crippen molar-refractivity contribution in [1.82, 2.24) is 0 Å². The fraction of sp³-hybridized carbons (Fsp3) is 0.0571. The summed E-state index contributed by atoms with van der Waals surface area (Å²) in [6, 6.07) is 40.8. The number of hydrogen-bond donors (Lipinski definition) is 1. The average molecular weight is 686 g/mol. The van der Waals surface area contributed by atoms with Crippen LogP contribution in [0.5, 0.6) is 5.75 Å². The lowest BCUT2D eigenvalue weighted by atomic mass is 9.97. The molecule has 204 valence electrons. The molecule has 5 aromatic rings. The van der Waals surface area contributed by atoms with Crippen LogP contribution in [0.2, 0.25) is 0 Å². The number of aliphatic carboxylic acids is 1. The molecule has 0 saturated heterocycles. The summed E-state index contributed by atoms with van der Waals surface area (Å²) in [6.45, 7) is -0.418. The first kappa shape index (κ1) is 28.9. The second-order valence-electron chi connectivity index (χ2n) is 9.20. The van der Waals surface area contributed by atoms with E-state index in [9.17, 15) is 9.90 Å². The monoisotopic (exact) mass is 684 g/mol. The number of carboxylic acids is 1. The highest BCUT2D eigenvalue weighted by molar-refractivity contribution is 9.10. The van der Waals surface area contributed by atoms with Crippen LogP contribution >= 0.6 is 43.6 Å². The first-order valence-corrected chi connectivity index (χ1v) is 15.5. The molecule has 0 aliphatic rings. The summed E-state index contributed by atoms with van der Waals surface area (Å²) in [6.07, 6.45) is 2.26. The Hall–Kier alpha value is -3.58. The summed E-state index contributed by atoms with van der Waals surface area (Å²) in [5.41, 5.74) is 7.10. The van der Waals surface area contributed by atoms with E-state index in [-0.39, 0.29) is 0 Å². The number of benzene rings is 5. The molecule has 41 heavy (non-hydrogen) atoms. The van der Waals surface area contributed by atoms with Gasteiger partial charge in [0, 0.05) is 30.7 Å². The van der Waals surface area contributed by atoms with E-state index in [1.807, 2.05) is 60.7 Å². The number of hydrogen-bond acceptors (Lipinski definition) is 3. The molecule has 6 heteroatoms. The Morgan fingerprint density at radius 1 is 0.707 bits per heavy atom. The van der Waals surface area contributed by atoms with Crippen molar-refractivity contribution in [2.75, 3.05) is 12.4 Å². The highest BCUT2D eigenvalue weighted by atomic mass is 79.9. The first-order valence-electron chi connectivity index (χ1n) is 13.0. The van der Waals surface area contributed by atoms with Gasteiger partial charge in [0.1, 0.15) is 5.75 Å². The zero-order valence-corrected chi connectivity index (χ0v) is 26.0. The van der Waals surface area contributed by atoms with Crippen molar-refractivity contribution in [1.29, 1.82) is 0 Å². The normalized spacial score (nSPS) is 10.7. The van der Waals surface area contributed by atoms with Crippen LogP contribution in [-0.4, -0.2) is 23.4 Å². The van der Waals surface area contributed by atoms with Crippen LogP contribution in [0, 0.1) is 0 Å². The molecule has 0 unspecified atom stereocenters. The number of thioether (sulfide) groups is 1. The Labute approximate surface area is 261 Å². The number of carbonyl (C=O) groups is 1. The van der Waals surface area contributed by atoms with E-state index in [1.54, 1.807) is 11.8 Å². The van der Waals surface area contributed by atoms with Gasteiger partial charge in [0.05, 0.1) is 0 Å². The van der Waals surface area contributed by atoms with Crippen LogP contribution in [0.25, 0.3) is 27.8 Å². The second-order valence-corrected chi connectivity index (χ2v) is 12.1. The molecule has 0 radical (unpaired) electrons. The highest BCUT2D eigenvalue weighted by Gasteiger charge is 2.17. The van der Waals surface area contributed by atoms with E-state index < -0.39 is 12.6 Å². The Balaban J connectivity index is 1.56. The molecule has 0 bridgehead atoms. The summed E-state index contributed by atoms with van der Waals surface area (Å²) < 4.78 is 8.02. The molecule has 0 aliphatic heterocycles. The SMILES string of the molecule is O=C(O)COc1c(-c2ccccc2)cc(SCC=C(c2ccc(Br)cc2)c2ccc(Br)cc2)cc1-c1ccccc1. The van der Waals surface area contributed by atoms with Gasteiger partial charge >= 0.3 is 5.97 Å². The zero-order valence-electron chi connectivity index (χ0n) is 22.0. The number of rotatable bonds is 10. The Bertz CT molecular complexity index is 1540. The number of ether oxygens (including phenoxy) is 1. The molecule has 0 heterocycles. The van der Waals surface area contributed by atoms with Crippen LogP contribution in [0.4, 0.5) is 0 Å². The van der Waals surface area contributed by atoms with Crippen LogP contribution in [0.1, 0.15) is 11.1 Å². The molecular formula is C35H26Br2O3S. The molecule has 0 aliphatic carbocycles. The molecule has 0 atom stereocenters.